The molecule has 0 bridgehead atoms. The van der Waals surface area contributed by atoms with Crippen molar-refractivity contribution >= 4 is 29.2 Å². The second-order valence-corrected chi connectivity index (χ2v) is 5.88. The van der Waals surface area contributed by atoms with Gasteiger partial charge < -0.3 is 16.0 Å². The number of H-pyrrole nitrogens is 1. The largest absolute Gasteiger partial charge is 0.358 e. The Morgan fingerprint density at radius 1 is 1.36 bits per heavy atom. The molecule has 2 atom stereocenters. The summed E-state index contributed by atoms with van der Waals surface area (Å²) in [5.74, 6) is 0.119. The van der Waals surface area contributed by atoms with Crippen molar-refractivity contribution in [2.45, 2.75) is 46.7 Å². The van der Waals surface area contributed by atoms with Crippen molar-refractivity contribution in [2.75, 3.05) is 0 Å². The van der Waals surface area contributed by atoms with E-state index in [1.807, 2.05) is 19.9 Å². The lowest BCUT2D eigenvalue weighted by molar-refractivity contribution is -0.123. The van der Waals surface area contributed by atoms with Crippen LogP contribution in [0, 0.1) is 19.8 Å². The van der Waals surface area contributed by atoms with Crippen molar-refractivity contribution < 1.29 is 4.79 Å². The zero-order valence-corrected chi connectivity index (χ0v) is 14.5. The molecule has 5 heteroatoms. The number of nitrogens with two attached hydrogens (primary N) is 1. The average Bonchev–Trinajstić information content (AvgIpc) is 2.78. The molecule has 0 saturated carbocycles. The third kappa shape index (κ3) is 3.81. The standard InChI is InChI=1S/C17H25N3O.ClH/c1-5-10(2)16(18)17(21)19-9-13-6-7-15-14(8-13)11(3)12(4)20-15;/h6-8,10,16,20H,5,9,18H2,1-4H3,(H,19,21);1H. The van der Waals surface area contributed by atoms with E-state index in [1.54, 1.807) is 0 Å². The zero-order chi connectivity index (χ0) is 15.6. The number of nitrogens with one attached hydrogen (secondary N) is 2. The fourth-order valence-corrected chi connectivity index (χ4v) is 2.44. The summed E-state index contributed by atoms with van der Waals surface area (Å²) >= 11 is 0. The molecule has 1 aromatic heterocycles. The van der Waals surface area contributed by atoms with Gasteiger partial charge in [0, 0.05) is 23.1 Å². The molecule has 1 heterocycles. The van der Waals surface area contributed by atoms with Gasteiger partial charge in [-0.3, -0.25) is 4.79 Å². The summed E-state index contributed by atoms with van der Waals surface area (Å²) < 4.78 is 0. The van der Waals surface area contributed by atoms with Gasteiger partial charge in [0.15, 0.2) is 0 Å². The number of fused-ring (bicyclic) bond motifs is 1. The third-order valence-corrected chi connectivity index (χ3v) is 4.40. The molecule has 0 fully saturated rings. The molecule has 1 aromatic carbocycles. The number of amides is 1. The summed E-state index contributed by atoms with van der Waals surface area (Å²) in [6, 6.07) is 5.79. The Morgan fingerprint density at radius 3 is 2.68 bits per heavy atom. The van der Waals surface area contributed by atoms with Crippen LogP contribution in [-0.2, 0) is 11.3 Å². The third-order valence-electron chi connectivity index (χ3n) is 4.40. The first kappa shape index (κ1) is 18.5. The van der Waals surface area contributed by atoms with Crippen LogP contribution in [0.4, 0.5) is 0 Å². The van der Waals surface area contributed by atoms with E-state index in [0.29, 0.717) is 6.54 Å². The van der Waals surface area contributed by atoms with Gasteiger partial charge in [0.05, 0.1) is 6.04 Å². The van der Waals surface area contributed by atoms with Gasteiger partial charge in [0.2, 0.25) is 5.91 Å². The van der Waals surface area contributed by atoms with E-state index in [9.17, 15) is 4.79 Å². The number of hydrogen-bond acceptors (Lipinski definition) is 2. The van der Waals surface area contributed by atoms with Crippen LogP contribution in [0.25, 0.3) is 10.9 Å². The second kappa shape index (κ2) is 7.65. The molecule has 0 saturated heterocycles. The number of aryl methyl sites for hydroxylation is 2. The van der Waals surface area contributed by atoms with Crippen LogP contribution >= 0.6 is 12.4 Å². The van der Waals surface area contributed by atoms with E-state index >= 15 is 0 Å². The number of carbonyl (C=O) groups is 1. The molecule has 4 nitrogen and oxygen atoms in total. The van der Waals surface area contributed by atoms with E-state index in [4.69, 9.17) is 5.73 Å². The average molecular weight is 324 g/mol. The molecule has 0 aliphatic carbocycles. The fraction of sp³-hybridized carbons (Fsp3) is 0.471. The monoisotopic (exact) mass is 323 g/mol. The van der Waals surface area contributed by atoms with E-state index in [2.05, 4.69) is 36.3 Å². The first-order valence-electron chi connectivity index (χ1n) is 7.55. The highest BCUT2D eigenvalue weighted by atomic mass is 35.5. The Labute approximate surface area is 138 Å². The van der Waals surface area contributed by atoms with Crippen LogP contribution in [0.15, 0.2) is 18.2 Å². The molecule has 0 spiro atoms. The van der Waals surface area contributed by atoms with Gasteiger partial charge in [0.25, 0.3) is 0 Å². The molecular weight excluding hydrogens is 298 g/mol. The minimum absolute atomic E-state index is 0. The highest BCUT2D eigenvalue weighted by Crippen LogP contribution is 2.22. The summed E-state index contributed by atoms with van der Waals surface area (Å²) in [5, 5.41) is 4.14. The van der Waals surface area contributed by atoms with Gasteiger partial charge in [-0.25, -0.2) is 0 Å². The zero-order valence-electron chi connectivity index (χ0n) is 13.7. The molecular formula is C17H26ClN3O. The molecule has 122 valence electrons. The summed E-state index contributed by atoms with van der Waals surface area (Å²) in [7, 11) is 0. The molecule has 0 aliphatic rings. The van der Waals surface area contributed by atoms with Crippen molar-refractivity contribution in [3.05, 3.63) is 35.0 Å². The van der Waals surface area contributed by atoms with Crippen LogP contribution in [-0.4, -0.2) is 16.9 Å². The fourth-order valence-electron chi connectivity index (χ4n) is 2.44. The number of aromatic nitrogens is 1. The maximum atomic E-state index is 12.0. The van der Waals surface area contributed by atoms with Crippen LogP contribution in [0.2, 0.25) is 0 Å². The number of rotatable bonds is 5. The van der Waals surface area contributed by atoms with Crippen LogP contribution in [0.1, 0.15) is 37.1 Å². The van der Waals surface area contributed by atoms with Gasteiger partial charge in [-0.2, -0.15) is 0 Å². The lowest BCUT2D eigenvalue weighted by atomic mass is 9.99. The highest BCUT2D eigenvalue weighted by molar-refractivity contribution is 5.86. The first-order valence-corrected chi connectivity index (χ1v) is 7.55. The Morgan fingerprint density at radius 2 is 2.05 bits per heavy atom. The Hall–Kier alpha value is -1.52. The quantitative estimate of drug-likeness (QED) is 0.790. The van der Waals surface area contributed by atoms with E-state index in [-0.39, 0.29) is 24.2 Å². The Bertz CT molecular complexity index is 651. The second-order valence-electron chi connectivity index (χ2n) is 5.88. The first-order chi connectivity index (χ1) is 9.93. The molecule has 2 aromatic rings. The normalized spacial score (nSPS) is 13.5. The predicted molar refractivity (Wildman–Crippen MR) is 94.3 cm³/mol. The Balaban J connectivity index is 0.00000242. The molecule has 22 heavy (non-hydrogen) atoms. The van der Waals surface area contributed by atoms with Crippen molar-refractivity contribution in [2.24, 2.45) is 11.7 Å². The number of carbonyl (C=O) groups excluding carboxylic acids is 1. The summed E-state index contributed by atoms with van der Waals surface area (Å²) in [6.45, 7) is 8.74. The number of aromatic amines is 1. The van der Waals surface area contributed by atoms with E-state index < -0.39 is 6.04 Å². The van der Waals surface area contributed by atoms with E-state index in [1.165, 1.54) is 16.6 Å². The van der Waals surface area contributed by atoms with Gasteiger partial charge in [-0.15, -0.1) is 12.4 Å². The van der Waals surface area contributed by atoms with Crippen molar-refractivity contribution in [1.82, 2.24) is 10.3 Å². The molecule has 1 amide bonds. The summed E-state index contributed by atoms with van der Waals surface area (Å²) in [6.07, 6.45) is 0.905. The molecule has 2 unspecified atom stereocenters. The topological polar surface area (TPSA) is 70.9 Å². The lowest BCUT2D eigenvalue weighted by Crippen LogP contribution is -2.44. The van der Waals surface area contributed by atoms with Crippen molar-refractivity contribution in [3.63, 3.8) is 0 Å². The highest BCUT2D eigenvalue weighted by Gasteiger charge is 2.18. The summed E-state index contributed by atoms with van der Waals surface area (Å²) in [5.41, 5.74) is 10.6. The SMILES string of the molecule is CCC(C)C(N)C(=O)NCc1ccc2[nH]c(C)c(C)c2c1.Cl. The van der Waals surface area contributed by atoms with Crippen LogP contribution in [0.5, 0.6) is 0 Å². The molecule has 0 aliphatic heterocycles. The molecule has 2 rings (SSSR count). The van der Waals surface area contributed by atoms with Gasteiger partial charge in [0.1, 0.15) is 0 Å². The van der Waals surface area contributed by atoms with Crippen LogP contribution < -0.4 is 11.1 Å². The molecule has 0 radical (unpaired) electrons. The predicted octanol–water partition coefficient (Wildman–Crippen LogP) is 3.20. The minimum Gasteiger partial charge on any atom is -0.358 e. The number of benzene rings is 1. The van der Waals surface area contributed by atoms with Gasteiger partial charge in [-0.1, -0.05) is 26.3 Å². The minimum atomic E-state index is -0.435. The van der Waals surface area contributed by atoms with E-state index in [0.717, 1.165) is 17.5 Å². The van der Waals surface area contributed by atoms with Crippen molar-refractivity contribution in [1.29, 1.82) is 0 Å². The smallest absolute Gasteiger partial charge is 0.237 e. The maximum Gasteiger partial charge on any atom is 0.237 e. The molecule has 4 N–H and O–H groups in total. The maximum absolute atomic E-state index is 12.0. The van der Waals surface area contributed by atoms with Gasteiger partial charge >= 0.3 is 0 Å². The van der Waals surface area contributed by atoms with Crippen molar-refractivity contribution in [3.8, 4) is 0 Å². The van der Waals surface area contributed by atoms with Crippen LogP contribution in [0.3, 0.4) is 0 Å². The Kier molecular flexibility index (Phi) is 6.45. The summed E-state index contributed by atoms with van der Waals surface area (Å²) in [4.78, 5) is 15.4. The van der Waals surface area contributed by atoms with Gasteiger partial charge in [-0.05, 0) is 43.0 Å². The number of hydrogen-bond donors (Lipinski definition) is 3. The lowest BCUT2D eigenvalue weighted by Gasteiger charge is -2.17. The number of halogens is 1.